The smallest absolute Gasteiger partial charge is 0.335 e. The van der Waals surface area contributed by atoms with Crippen molar-refractivity contribution in [3.05, 3.63) is 81.0 Å². The molecule has 0 aliphatic heterocycles. The third kappa shape index (κ3) is 5.50. The summed E-state index contributed by atoms with van der Waals surface area (Å²) in [6, 6.07) is 11.1. The van der Waals surface area contributed by atoms with Gasteiger partial charge in [-0.05, 0) is 42.7 Å². The number of carboxylic acids is 1. The van der Waals surface area contributed by atoms with E-state index in [-0.39, 0.29) is 12.2 Å². The Labute approximate surface area is 193 Å². The second kappa shape index (κ2) is 9.60. The van der Waals surface area contributed by atoms with Gasteiger partial charge in [0.05, 0.1) is 6.07 Å². The number of carbonyl (C=O) groups is 2. The predicted octanol–water partition coefficient (Wildman–Crippen LogP) is 3.24. The van der Waals surface area contributed by atoms with E-state index in [4.69, 9.17) is 16.1 Å². The van der Waals surface area contributed by atoms with Gasteiger partial charge < -0.3 is 20.1 Å². The Morgan fingerprint density at radius 1 is 1.21 bits per heavy atom. The maximum absolute atomic E-state index is 14.2. The Balaban J connectivity index is 1.87. The summed E-state index contributed by atoms with van der Waals surface area (Å²) in [7, 11) is 0. The van der Waals surface area contributed by atoms with E-state index in [1.54, 1.807) is 24.3 Å². The van der Waals surface area contributed by atoms with E-state index >= 15 is 0 Å². The molecule has 33 heavy (non-hydrogen) atoms. The zero-order valence-electron chi connectivity index (χ0n) is 17.8. The van der Waals surface area contributed by atoms with Gasteiger partial charge in [-0.3, -0.25) is 9.59 Å². The van der Waals surface area contributed by atoms with Crippen LogP contribution in [0.2, 0.25) is 5.02 Å². The van der Waals surface area contributed by atoms with E-state index in [2.05, 4.69) is 5.32 Å². The van der Waals surface area contributed by atoms with Crippen LogP contribution in [0.4, 0.5) is 4.39 Å². The van der Waals surface area contributed by atoms with Gasteiger partial charge >= 0.3 is 5.97 Å². The number of aromatic nitrogens is 1. The molecule has 0 saturated carbocycles. The molecule has 0 radical (unpaired) electrons. The molecule has 174 valence electrons. The third-order valence-corrected chi connectivity index (χ3v) is 5.87. The summed E-state index contributed by atoms with van der Waals surface area (Å²) in [5.41, 5.74) is -1.16. The molecule has 3 atom stereocenters. The lowest BCUT2D eigenvalue weighted by Gasteiger charge is -2.33. The van der Waals surface area contributed by atoms with Crippen molar-refractivity contribution in [3.63, 3.8) is 0 Å². The van der Waals surface area contributed by atoms with E-state index < -0.39 is 40.8 Å². The minimum atomic E-state index is -2.15. The van der Waals surface area contributed by atoms with Gasteiger partial charge in [0.1, 0.15) is 5.82 Å². The molecule has 0 saturated heterocycles. The second-order valence-electron chi connectivity index (χ2n) is 7.92. The quantitative estimate of drug-likeness (QED) is 0.394. The van der Waals surface area contributed by atoms with E-state index in [0.29, 0.717) is 21.7 Å². The maximum atomic E-state index is 14.2. The molecule has 0 aliphatic carbocycles. The van der Waals surface area contributed by atoms with Crippen LogP contribution in [0.25, 0.3) is 11.1 Å². The van der Waals surface area contributed by atoms with Crippen LogP contribution in [-0.2, 0) is 11.2 Å². The average molecular weight is 477 g/mol. The van der Waals surface area contributed by atoms with Gasteiger partial charge in [0.25, 0.3) is 11.5 Å². The number of hydrogen-bond acceptors (Lipinski definition) is 5. The zero-order chi connectivity index (χ0) is 24.3. The molecular formula is C23H22ClFN2O6. The molecule has 8 nitrogen and oxygen atoms in total. The standard InChI is InChI=1S/C23H22ClFN2O6/c1-12(23(2,32)22(30)31)18(26-21(29)19-11-20(28)27-33-19)9-13-3-5-14(6-4-13)16-10-15(24)7-8-17(16)25/h3-8,10-12,18,32H,9H2,1-2H3,(H,26,29)(H,27,28)(H,30,31)/t12?,18-,23+/m1/s1. The molecule has 3 aromatic rings. The molecule has 0 bridgehead atoms. The number of nitrogens with one attached hydrogen (secondary N) is 2. The first kappa shape index (κ1) is 24.2. The number of rotatable bonds is 8. The fourth-order valence-electron chi connectivity index (χ4n) is 3.37. The van der Waals surface area contributed by atoms with Gasteiger partial charge in [-0.1, -0.05) is 42.8 Å². The number of H-pyrrole nitrogens is 1. The number of carboxylic acid groups (broad SMARTS) is 1. The predicted molar refractivity (Wildman–Crippen MR) is 119 cm³/mol. The van der Waals surface area contributed by atoms with Crippen LogP contribution in [0.5, 0.6) is 0 Å². The molecule has 3 rings (SSSR count). The summed E-state index contributed by atoms with van der Waals surface area (Å²) >= 11 is 5.96. The summed E-state index contributed by atoms with van der Waals surface area (Å²) in [6.45, 7) is 2.63. The Kier molecular flexibility index (Phi) is 7.04. The number of amides is 1. The lowest BCUT2D eigenvalue weighted by molar-refractivity contribution is -0.162. The lowest BCUT2D eigenvalue weighted by atomic mass is 9.82. The van der Waals surface area contributed by atoms with Gasteiger partial charge in [0.2, 0.25) is 5.76 Å². The normalized spacial score (nSPS) is 14.8. The largest absolute Gasteiger partial charge is 0.479 e. The monoisotopic (exact) mass is 476 g/mol. The van der Waals surface area contributed by atoms with Gasteiger partial charge in [-0.15, -0.1) is 0 Å². The van der Waals surface area contributed by atoms with Crippen LogP contribution in [0.1, 0.15) is 30.0 Å². The first-order chi connectivity index (χ1) is 15.5. The molecule has 10 heteroatoms. The number of aliphatic carboxylic acids is 1. The molecule has 1 heterocycles. The van der Waals surface area contributed by atoms with E-state index in [1.807, 2.05) is 5.16 Å². The number of hydrogen-bond donors (Lipinski definition) is 4. The van der Waals surface area contributed by atoms with E-state index in [0.717, 1.165) is 13.0 Å². The Morgan fingerprint density at radius 3 is 2.45 bits per heavy atom. The van der Waals surface area contributed by atoms with Crippen LogP contribution < -0.4 is 10.9 Å². The SMILES string of the molecule is CC([C@@H](Cc1ccc(-c2cc(Cl)ccc2F)cc1)NC(=O)c1cc(=O)[nH]o1)[C@](C)(O)C(=O)O. The van der Waals surface area contributed by atoms with Crippen molar-refractivity contribution in [2.24, 2.45) is 5.92 Å². The van der Waals surface area contributed by atoms with Gasteiger partial charge in [-0.25, -0.2) is 9.18 Å². The van der Waals surface area contributed by atoms with E-state index in [9.17, 15) is 29.0 Å². The highest BCUT2D eigenvalue weighted by Gasteiger charge is 2.41. The summed E-state index contributed by atoms with van der Waals surface area (Å²) in [5, 5.41) is 24.9. The molecular weight excluding hydrogens is 455 g/mol. The first-order valence-corrected chi connectivity index (χ1v) is 10.4. The maximum Gasteiger partial charge on any atom is 0.335 e. The van der Waals surface area contributed by atoms with Crippen LogP contribution >= 0.6 is 11.6 Å². The highest BCUT2D eigenvalue weighted by atomic mass is 35.5. The van der Waals surface area contributed by atoms with Crippen molar-refractivity contribution in [3.8, 4) is 11.1 Å². The molecule has 1 aromatic heterocycles. The zero-order valence-corrected chi connectivity index (χ0v) is 18.5. The Morgan fingerprint density at radius 2 is 1.88 bits per heavy atom. The van der Waals surface area contributed by atoms with Crippen LogP contribution in [0, 0.1) is 11.7 Å². The number of aromatic amines is 1. The van der Waals surface area contributed by atoms with Gasteiger partial charge in [0.15, 0.2) is 5.60 Å². The third-order valence-electron chi connectivity index (χ3n) is 5.64. The number of halogens is 2. The summed E-state index contributed by atoms with van der Waals surface area (Å²) in [5.74, 6) is -3.84. The van der Waals surface area contributed by atoms with Gasteiger partial charge in [-0.2, -0.15) is 5.16 Å². The average Bonchev–Trinajstić information content (AvgIpc) is 3.21. The fraction of sp³-hybridized carbons (Fsp3) is 0.261. The molecule has 0 spiro atoms. The van der Waals surface area contributed by atoms with Crippen molar-refractivity contribution in [1.82, 2.24) is 10.5 Å². The highest BCUT2D eigenvalue weighted by Crippen LogP contribution is 2.28. The number of aliphatic hydroxyl groups is 1. The number of carbonyl (C=O) groups excluding carboxylic acids is 1. The highest BCUT2D eigenvalue weighted by molar-refractivity contribution is 6.30. The first-order valence-electron chi connectivity index (χ1n) is 9.98. The Bertz CT molecular complexity index is 1220. The summed E-state index contributed by atoms with van der Waals surface area (Å²) in [6.07, 6.45) is 0.142. The van der Waals surface area contributed by atoms with Gasteiger partial charge in [0, 0.05) is 22.5 Å². The van der Waals surface area contributed by atoms with Crippen LogP contribution in [0.3, 0.4) is 0 Å². The fourth-order valence-corrected chi connectivity index (χ4v) is 3.54. The summed E-state index contributed by atoms with van der Waals surface area (Å²) in [4.78, 5) is 35.4. The molecule has 1 amide bonds. The lowest BCUT2D eigenvalue weighted by Crippen LogP contribution is -2.53. The van der Waals surface area contributed by atoms with Crippen LogP contribution in [-0.4, -0.2) is 38.9 Å². The van der Waals surface area contributed by atoms with Crippen molar-refractivity contribution < 1.29 is 28.7 Å². The van der Waals surface area contributed by atoms with Crippen LogP contribution in [0.15, 0.2) is 57.8 Å². The summed E-state index contributed by atoms with van der Waals surface area (Å²) < 4.78 is 19.0. The Hall–Kier alpha value is -3.43. The minimum Gasteiger partial charge on any atom is -0.479 e. The number of benzene rings is 2. The molecule has 0 fully saturated rings. The topological polar surface area (TPSA) is 133 Å². The van der Waals surface area contributed by atoms with E-state index in [1.165, 1.54) is 25.1 Å². The van der Waals surface area contributed by atoms with Crippen molar-refractivity contribution >= 4 is 23.5 Å². The molecule has 0 aliphatic rings. The van der Waals surface area contributed by atoms with Crippen molar-refractivity contribution in [2.75, 3.05) is 0 Å². The molecule has 1 unspecified atom stereocenters. The molecule has 2 aromatic carbocycles. The molecule has 4 N–H and O–H groups in total. The van der Waals surface area contributed by atoms with Crippen molar-refractivity contribution in [1.29, 1.82) is 0 Å². The second-order valence-corrected chi connectivity index (χ2v) is 8.36. The minimum absolute atomic E-state index is 0.142. The van der Waals surface area contributed by atoms with Crippen molar-refractivity contribution in [2.45, 2.75) is 31.9 Å².